The Bertz CT molecular complexity index is 372. The third-order valence-corrected chi connectivity index (χ3v) is 2.87. The lowest BCUT2D eigenvalue weighted by Gasteiger charge is -2.04. The van der Waals surface area contributed by atoms with Crippen LogP contribution in [0.25, 0.3) is 6.08 Å². The Morgan fingerprint density at radius 2 is 1.86 bits per heavy atom. The van der Waals surface area contributed by atoms with Crippen LogP contribution in [0.3, 0.4) is 0 Å². The lowest BCUT2D eigenvalue weighted by atomic mass is 10.1. The van der Waals surface area contributed by atoms with Gasteiger partial charge in [-0.1, -0.05) is 40.9 Å². The monoisotopic (exact) mass is 250 g/mol. The standard InChI is InChI=1S/C10H9Cl3O/c1-6(5-14)4-7-8(11)2-3-9(12)10(7)13/h2-4,14H,5H2,1H3/b6-4-. The number of benzene rings is 1. The largest absolute Gasteiger partial charge is 0.392 e. The van der Waals surface area contributed by atoms with Gasteiger partial charge in [0.15, 0.2) is 0 Å². The van der Waals surface area contributed by atoms with E-state index >= 15 is 0 Å². The highest BCUT2D eigenvalue weighted by atomic mass is 35.5. The fourth-order valence-corrected chi connectivity index (χ4v) is 1.61. The van der Waals surface area contributed by atoms with Crippen LogP contribution in [-0.2, 0) is 0 Å². The van der Waals surface area contributed by atoms with E-state index in [0.29, 0.717) is 20.6 Å². The molecule has 0 amide bonds. The van der Waals surface area contributed by atoms with Crippen molar-refractivity contribution in [2.24, 2.45) is 0 Å². The Morgan fingerprint density at radius 3 is 2.43 bits per heavy atom. The van der Waals surface area contributed by atoms with Crippen molar-refractivity contribution in [2.45, 2.75) is 6.92 Å². The molecule has 1 aromatic rings. The second-order valence-electron chi connectivity index (χ2n) is 2.91. The molecule has 0 saturated heterocycles. The highest BCUT2D eigenvalue weighted by Gasteiger charge is 2.07. The van der Waals surface area contributed by atoms with Gasteiger partial charge in [0.1, 0.15) is 0 Å². The Hall–Kier alpha value is -0.210. The van der Waals surface area contributed by atoms with Crippen molar-refractivity contribution in [3.63, 3.8) is 0 Å². The molecule has 0 radical (unpaired) electrons. The van der Waals surface area contributed by atoms with Gasteiger partial charge >= 0.3 is 0 Å². The van der Waals surface area contributed by atoms with Crippen LogP contribution in [0, 0.1) is 0 Å². The molecule has 0 fully saturated rings. The summed E-state index contributed by atoms with van der Waals surface area (Å²) >= 11 is 17.7. The summed E-state index contributed by atoms with van der Waals surface area (Å²) in [5.74, 6) is 0. The van der Waals surface area contributed by atoms with Gasteiger partial charge in [0.05, 0.1) is 16.7 Å². The van der Waals surface area contributed by atoms with Crippen molar-refractivity contribution in [1.82, 2.24) is 0 Å². The van der Waals surface area contributed by atoms with Crippen molar-refractivity contribution in [3.8, 4) is 0 Å². The third kappa shape index (κ3) is 2.64. The quantitative estimate of drug-likeness (QED) is 0.787. The average molecular weight is 252 g/mol. The van der Waals surface area contributed by atoms with Crippen LogP contribution in [0.5, 0.6) is 0 Å². The van der Waals surface area contributed by atoms with Gasteiger partial charge in [-0.2, -0.15) is 0 Å². The molecule has 0 aliphatic rings. The minimum Gasteiger partial charge on any atom is -0.392 e. The Balaban J connectivity index is 3.26. The van der Waals surface area contributed by atoms with Crippen molar-refractivity contribution < 1.29 is 5.11 Å². The van der Waals surface area contributed by atoms with Crippen molar-refractivity contribution in [2.75, 3.05) is 6.61 Å². The van der Waals surface area contributed by atoms with Gasteiger partial charge in [-0.05, 0) is 24.6 Å². The van der Waals surface area contributed by atoms with E-state index in [0.717, 1.165) is 5.57 Å². The summed E-state index contributed by atoms with van der Waals surface area (Å²) < 4.78 is 0. The zero-order valence-electron chi connectivity index (χ0n) is 7.52. The van der Waals surface area contributed by atoms with Crippen LogP contribution in [0.15, 0.2) is 17.7 Å². The van der Waals surface area contributed by atoms with E-state index in [1.807, 2.05) is 0 Å². The summed E-state index contributed by atoms with van der Waals surface area (Å²) in [6, 6.07) is 3.31. The van der Waals surface area contributed by atoms with Crippen LogP contribution < -0.4 is 0 Å². The topological polar surface area (TPSA) is 20.2 Å². The molecule has 0 aromatic heterocycles. The maximum absolute atomic E-state index is 8.86. The second kappa shape index (κ2) is 5.04. The van der Waals surface area contributed by atoms with Gasteiger partial charge in [0.25, 0.3) is 0 Å². The van der Waals surface area contributed by atoms with E-state index in [-0.39, 0.29) is 6.61 Å². The summed E-state index contributed by atoms with van der Waals surface area (Å²) in [5.41, 5.74) is 1.42. The van der Waals surface area contributed by atoms with E-state index in [2.05, 4.69) is 0 Å². The summed E-state index contributed by atoms with van der Waals surface area (Å²) in [6.45, 7) is 1.76. The van der Waals surface area contributed by atoms with Crippen molar-refractivity contribution in [3.05, 3.63) is 38.3 Å². The molecule has 0 aliphatic heterocycles. The molecule has 0 saturated carbocycles. The van der Waals surface area contributed by atoms with Gasteiger partial charge in [0.2, 0.25) is 0 Å². The molecule has 1 rings (SSSR count). The molecule has 1 N–H and O–H groups in total. The zero-order valence-corrected chi connectivity index (χ0v) is 9.79. The van der Waals surface area contributed by atoms with Gasteiger partial charge < -0.3 is 5.11 Å². The SMILES string of the molecule is C/C(=C/c1c(Cl)ccc(Cl)c1Cl)CO. The van der Waals surface area contributed by atoms with E-state index in [4.69, 9.17) is 39.9 Å². The Labute approximate surface area is 97.9 Å². The molecule has 0 spiro atoms. The van der Waals surface area contributed by atoms with Crippen LogP contribution >= 0.6 is 34.8 Å². The normalized spacial score (nSPS) is 11.9. The van der Waals surface area contributed by atoms with Crippen molar-refractivity contribution in [1.29, 1.82) is 0 Å². The number of aliphatic hydroxyl groups is 1. The lowest BCUT2D eigenvalue weighted by Crippen LogP contribution is -1.86. The number of halogens is 3. The second-order valence-corrected chi connectivity index (χ2v) is 4.10. The number of rotatable bonds is 2. The maximum atomic E-state index is 8.86. The first-order valence-corrected chi connectivity index (χ1v) is 5.11. The average Bonchev–Trinajstić information content (AvgIpc) is 2.18. The first-order valence-electron chi connectivity index (χ1n) is 3.97. The highest BCUT2D eigenvalue weighted by molar-refractivity contribution is 6.44. The van der Waals surface area contributed by atoms with E-state index < -0.39 is 0 Å². The Kier molecular flexibility index (Phi) is 4.27. The van der Waals surface area contributed by atoms with Gasteiger partial charge in [-0.15, -0.1) is 0 Å². The van der Waals surface area contributed by atoms with Crippen LogP contribution in [0.2, 0.25) is 15.1 Å². The van der Waals surface area contributed by atoms with Gasteiger partial charge in [0, 0.05) is 10.6 Å². The summed E-state index contributed by atoms with van der Waals surface area (Å²) in [4.78, 5) is 0. The van der Waals surface area contributed by atoms with Crippen LogP contribution in [0.4, 0.5) is 0 Å². The molecule has 0 unspecified atom stereocenters. The predicted molar refractivity (Wildman–Crippen MR) is 62.2 cm³/mol. The third-order valence-electron chi connectivity index (χ3n) is 1.72. The molecule has 14 heavy (non-hydrogen) atoms. The van der Waals surface area contributed by atoms with E-state index in [1.165, 1.54) is 0 Å². The van der Waals surface area contributed by atoms with Crippen molar-refractivity contribution >= 4 is 40.9 Å². The number of hydrogen-bond donors (Lipinski definition) is 1. The zero-order chi connectivity index (χ0) is 10.7. The summed E-state index contributed by atoms with van der Waals surface area (Å²) in [7, 11) is 0. The smallest absolute Gasteiger partial charge is 0.0679 e. The molecule has 0 heterocycles. The van der Waals surface area contributed by atoms with E-state index in [9.17, 15) is 0 Å². The molecule has 0 aliphatic carbocycles. The van der Waals surface area contributed by atoms with Gasteiger partial charge in [-0.25, -0.2) is 0 Å². The molecular formula is C10H9Cl3O. The molecular weight excluding hydrogens is 242 g/mol. The maximum Gasteiger partial charge on any atom is 0.0679 e. The van der Waals surface area contributed by atoms with Crippen LogP contribution in [0.1, 0.15) is 12.5 Å². The number of aliphatic hydroxyl groups excluding tert-OH is 1. The fourth-order valence-electron chi connectivity index (χ4n) is 0.967. The minimum atomic E-state index is -0.0286. The Morgan fingerprint density at radius 1 is 1.29 bits per heavy atom. The molecule has 1 aromatic carbocycles. The first-order chi connectivity index (χ1) is 6.56. The van der Waals surface area contributed by atoms with E-state index in [1.54, 1.807) is 25.1 Å². The first kappa shape index (κ1) is 11.9. The molecule has 4 heteroatoms. The molecule has 76 valence electrons. The summed E-state index contributed by atoms with van der Waals surface area (Å²) in [5, 5.41) is 10.2. The molecule has 0 atom stereocenters. The summed E-state index contributed by atoms with van der Waals surface area (Å²) in [6.07, 6.45) is 1.72. The molecule has 0 bridgehead atoms. The lowest BCUT2D eigenvalue weighted by molar-refractivity contribution is 0.332. The van der Waals surface area contributed by atoms with Gasteiger partial charge in [-0.3, -0.25) is 0 Å². The predicted octanol–water partition coefficient (Wildman–Crippen LogP) is 4.04. The minimum absolute atomic E-state index is 0.0286. The molecule has 1 nitrogen and oxygen atoms in total. The fraction of sp³-hybridized carbons (Fsp3) is 0.200. The number of hydrogen-bond acceptors (Lipinski definition) is 1. The highest BCUT2D eigenvalue weighted by Crippen LogP contribution is 2.32. The van der Waals surface area contributed by atoms with Crippen LogP contribution in [-0.4, -0.2) is 11.7 Å².